The van der Waals surface area contributed by atoms with Crippen molar-refractivity contribution in [2.45, 2.75) is 31.2 Å². The van der Waals surface area contributed by atoms with E-state index in [1.807, 2.05) is 25.1 Å². The summed E-state index contributed by atoms with van der Waals surface area (Å²) in [5.74, 6) is 0.132. The van der Waals surface area contributed by atoms with Crippen LogP contribution in [0.4, 0.5) is 5.69 Å². The van der Waals surface area contributed by atoms with Gasteiger partial charge in [-0.05, 0) is 49.7 Å². The average molecular weight is 362 g/mol. The highest BCUT2D eigenvalue weighted by Gasteiger charge is 2.16. The number of anilines is 1. The molecule has 2 aromatic carbocycles. The first-order valence-corrected chi connectivity index (χ1v) is 9.49. The van der Waals surface area contributed by atoms with Gasteiger partial charge in [-0.25, -0.2) is 13.1 Å². The van der Waals surface area contributed by atoms with E-state index < -0.39 is 10.0 Å². The number of sulfonamides is 1. The third kappa shape index (κ3) is 5.88. The average Bonchev–Trinajstić information content (AvgIpc) is 2.61. The maximum Gasteiger partial charge on any atom is 0.262 e. The standard InChI is InChI=1S/C18H22N2O4S/c1-3-14(2)20-25(22,23)17-11-9-16(10-12-17)24-13-18(21)19-15-7-5-4-6-8-15/h4-12,14,20H,3,13H2,1-2H3,(H,19,21)/t14-/m0/s1. The molecular formula is C18H22N2O4S. The van der Waals surface area contributed by atoms with E-state index in [2.05, 4.69) is 10.0 Å². The molecule has 0 radical (unpaired) electrons. The summed E-state index contributed by atoms with van der Waals surface area (Å²) in [4.78, 5) is 12.0. The Morgan fingerprint density at radius 2 is 1.72 bits per heavy atom. The topological polar surface area (TPSA) is 84.5 Å². The fourth-order valence-electron chi connectivity index (χ4n) is 2.00. The van der Waals surface area contributed by atoms with Gasteiger partial charge in [0.05, 0.1) is 4.90 Å². The molecule has 7 heteroatoms. The zero-order valence-corrected chi connectivity index (χ0v) is 15.0. The number of benzene rings is 2. The molecule has 134 valence electrons. The van der Waals surface area contributed by atoms with Crippen LogP contribution in [-0.2, 0) is 14.8 Å². The first kappa shape index (κ1) is 19.0. The minimum atomic E-state index is -3.55. The Hall–Kier alpha value is -2.38. The molecule has 6 nitrogen and oxygen atoms in total. The summed E-state index contributed by atoms with van der Waals surface area (Å²) in [6.45, 7) is 3.55. The molecule has 0 aliphatic carbocycles. The van der Waals surface area contributed by atoms with Crippen LogP contribution in [0.25, 0.3) is 0 Å². The van der Waals surface area contributed by atoms with Crippen LogP contribution in [0.2, 0.25) is 0 Å². The van der Waals surface area contributed by atoms with Crippen LogP contribution in [0.15, 0.2) is 59.5 Å². The predicted molar refractivity (Wildman–Crippen MR) is 97.1 cm³/mol. The molecule has 0 aliphatic heterocycles. The molecule has 2 rings (SSSR count). The van der Waals surface area contributed by atoms with Crippen molar-refractivity contribution in [3.8, 4) is 5.75 Å². The molecule has 0 aliphatic rings. The molecule has 25 heavy (non-hydrogen) atoms. The smallest absolute Gasteiger partial charge is 0.262 e. The second kappa shape index (κ2) is 8.64. The van der Waals surface area contributed by atoms with Gasteiger partial charge in [0.15, 0.2) is 6.61 Å². The van der Waals surface area contributed by atoms with Crippen LogP contribution in [0.5, 0.6) is 5.75 Å². The van der Waals surface area contributed by atoms with Crippen molar-refractivity contribution in [2.24, 2.45) is 0 Å². The molecule has 0 saturated carbocycles. The van der Waals surface area contributed by atoms with Crippen LogP contribution < -0.4 is 14.8 Å². The van der Waals surface area contributed by atoms with Gasteiger partial charge in [0.2, 0.25) is 10.0 Å². The quantitative estimate of drug-likeness (QED) is 0.756. The maximum atomic E-state index is 12.2. The summed E-state index contributed by atoms with van der Waals surface area (Å²) in [5, 5.41) is 2.71. The van der Waals surface area contributed by atoms with E-state index in [1.54, 1.807) is 19.1 Å². The normalized spacial score (nSPS) is 12.4. The van der Waals surface area contributed by atoms with Gasteiger partial charge >= 0.3 is 0 Å². The number of rotatable bonds is 8. The van der Waals surface area contributed by atoms with Gasteiger partial charge in [-0.3, -0.25) is 4.79 Å². The van der Waals surface area contributed by atoms with E-state index in [1.165, 1.54) is 24.3 Å². The minimum absolute atomic E-state index is 0.136. The molecule has 0 heterocycles. The minimum Gasteiger partial charge on any atom is -0.484 e. The van der Waals surface area contributed by atoms with Crippen molar-refractivity contribution in [3.63, 3.8) is 0 Å². The van der Waals surface area contributed by atoms with Crippen molar-refractivity contribution in [1.82, 2.24) is 4.72 Å². The van der Waals surface area contributed by atoms with Gasteiger partial charge in [0, 0.05) is 11.7 Å². The number of carbonyl (C=O) groups is 1. The monoisotopic (exact) mass is 362 g/mol. The van der Waals surface area contributed by atoms with Gasteiger partial charge in [-0.2, -0.15) is 0 Å². The second-order valence-electron chi connectivity index (χ2n) is 5.60. The van der Waals surface area contributed by atoms with Gasteiger partial charge in [0.1, 0.15) is 5.75 Å². The Morgan fingerprint density at radius 1 is 1.08 bits per heavy atom. The van der Waals surface area contributed by atoms with Gasteiger partial charge in [-0.15, -0.1) is 0 Å². The van der Waals surface area contributed by atoms with Gasteiger partial charge in [0.25, 0.3) is 5.91 Å². The van der Waals surface area contributed by atoms with E-state index >= 15 is 0 Å². The Morgan fingerprint density at radius 3 is 2.32 bits per heavy atom. The fraction of sp³-hybridized carbons (Fsp3) is 0.278. The molecule has 1 amide bonds. The van der Waals surface area contributed by atoms with Crippen molar-refractivity contribution < 1.29 is 17.9 Å². The molecule has 0 unspecified atom stereocenters. The Bertz CT molecular complexity index is 790. The largest absolute Gasteiger partial charge is 0.484 e. The molecule has 1 atom stereocenters. The highest BCUT2D eigenvalue weighted by Crippen LogP contribution is 2.16. The van der Waals surface area contributed by atoms with E-state index in [0.29, 0.717) is 17.9 Å². The number of para-hydroxylation sites is 1. The Kier molecular flexibility index (Phi) is 6.55. The number of hydrogen-bond acceptors (Lipinski definition) is 4. The first-order valence-electron chi connectivity index (χ1n) is 8.01. The number of amides is 1. The molecule has 0 fully saturated rings. The van der Waals surface area contributed by atoms with E-state index in [-0.39, 0.29) is 23.5 Å². The van der Waals surface area contributed by atoms with Crippen LogP contribution >= 0.6 is 0 Å². The lowest BCUT2D eigenvalue weighted by Gasteiger charge is -2.12. The lowest BCUT2D eigenvalue weighted by atomic mass is 10.3. The zero-order valence-electron chi connectivity index (χ0n) is 14.2. The SMILES string of the molecule is CC[C@H](C)NS(=O)(=O)c1ccc(OCC(=O)Nc2ccccc2)cc1. The molecule has 0 spiro atoms. The molecule has 0 saturated heterocycles. The van der Waals surface area contributed by atoms with Crippen LogP contribution in [0.1, 0.15) is 20.3 Å². The Labute approximate surface area is 148 Å². The lowest BCUT2D eigenvalue weighted by molar-refractivity contribution is -0.118. The fourth-order valence-corrected chi connectivity index (χ4v) is 3.33. The molecular weight excluding hydrogens is 340 g/mol. The number of hydrogen-bond donors (Lipinski definition) is 2. The summed E-state index contributed by atoms with van der Waals surface area (Å²) in [5.41, 5.74) is 0.689. The molecule has 0 bridgehead atoms. The Balaban J connectivity index is 1.91. The van der Waals surface area contributed by atoms with Crippen molar-refractivity contribution in [1.29, 1.82) is 0 Å². The first-order chi connectivity index (χ1) is 11.9. The zero-order chi connectivity index (χ0) is 18.3. The summed E-state index contributed by atoms with van der Waals surface area (Å²) in [6, 6.07) is 14.9. The van der Waals surface area contributed by atoms with Gasteiger partial charge in [-0.1, -0.05) is 25.1 Å². The molecule has 2 N–H and O–H groups in total. The summed E-state index contributed by atoms with van der Waals surface area (Å²) in [6.07, 6.45) is 0.705. The van der Waals surface area contributed by atoms with E-state index in [9.17, 15) is 13.2 Å². The molecule has 2 aromatic rings. The van der Waals surface area contributed by atoms with Crippen LogP contribution in [-0.4, -0.2) is 27.0 Å². The summed E-state index contributed by atoms with van der Waals surface area (Å²) in [7, 11) is -3.55. The number of ether oxygens (including phenoxy) is 1. The van der Waals surface area contributed by atoms with Crippen LogP contribution in [0, 0.1) is 0 Å². The van der Waals surface area contributed by atoms with Crippen molar-refractivity contribution in [3.05, 3.63) is 54.6 Å². The number of carbonyl (C=O) groups excluding carboxylic acids is 1. The van der Waals surface area contributed by atoms with Gasteiger partial charge < -0.3 is 10.1 Å². The summed E-state index contributed by atoms with van der Waals surface area (Å²) >= 11 is 0. The molecule has 0 aromatic heterocycles. The highest BCUT2D eigenvalue weighted by molar-refractivity contribution is 7.89. The summed E-state index contributed by atoms with van der Waals surface area (Å²) < 4.78 is 32.3. The number of nitrogens with one attached hydrogen (secondary N) is 2. The van der Waals surface area contributed by atoms with Crippen molar-refractivity contribution in [2.75, 3.05) is 11.9 Å². The van der Waals surface area contributed by atoms with E-state index in [0.717, 1.165) is 0 Å². The lowest BCUT2D eigenvalue weighted by Crippen LogP contribution is -2.31. The third-order valence-electron chi connectivity index (χ3n) is 3.53. The van der Waals surface area contributed by atoms with Crippen LogP contribution in [0.3, 0.4) is 0 Å². The van der Waals surface area contributed by atoms with E-state index in [4.69, 9.17) is 4.74 Å². The van der Waals surface area contributed by atoms with Crippen molar-refractivity contribution >= 4 is 21.6 Å². The highest BCUT2D eigenvalue weighted by atomic mass is 32.2. The predicted octanol–water partition coefficient (Wildman–Crippen LogP) is 2.78. The third-order valence-corrected chi connectivity index (χ3v) is 5.14. The maximum absolute atomic E-state index is 12.2. The second-order valence-corrected chi connectivity index (χ2v) is 7.32.